The van der Waals surface area contributed by atoms with Crippen LogP contribution in [0.1, 0.15) is 71.2 Å². The van der Waals surface area contributed by atoms with Gasteiger partial charge in [-0.3, -0.25) is 9.59 Å². The molecule has 0 heterocycles. The first-order valence-electron chi connectivity index (χ1n) is 12.5. The monoisotopic (exact) mass is 505 g/mol. The first-order valence-corrected chi connectivity index (χ1v) is 12.5. The van der Waals surface area contributed by atoms with Gasteiger partial charge in [0.25, 0.3) is 5.91 Å². The van der Waals surface area contributed by atoms with Crippen LogP contribution in [0.15, 0.2) is 48.5 Å². The molecule has 2 aromatic rings. The Labute approximate surface area is 221 Å². The fraction of sp³-hybridized carbons (Fsp3) is 0.433. The van der Waals surface area contributed by atoms with Crippen molar-refractivity contribution in [2.45, 2.75) is 79.1 Å². The summed E-state index contributed by atoms with van der Waals surface area (Å²) in [6, 6.07) is 12.1. The number of hydrogen-bond donors (Lipinski definition) is 2. The minimum atomic E-state index is -1.04. The molecular weight excluding hydrogens is 466 g/mol. The van der Waals surface area contributed by atoms with E-state index >= 15 is 0 Å². The van der Waals surface area contributed by atoms with Crippen LogP contribution in [0.5, 0.6) is 0 Å². The van der Waals surface area contributed by atoms with Gasteiger partial charge in [0.1, 0.15) is 17.7 Å². The van der Waals surface area contributed by atoms with Crippen molar-refractivity contribution < 1.29 is 19.1 Å². The van der Waals surface area contributed by atoms with Crippen LogP contribution in [0.25, 0.3) is 0 Å². The number of hydrogen-bond acceptors (Lipinski definition) is 4. The van der Waals surface area contributed by atoms with Gasteiger partial charge in [-0.25, -0.2) is 4.79 Å². The van der Waals surface area contributed by atoms with E-state index in [0.29, 0.717) is 16.8 Å². The third-order valence-corrected chi connectivity index (χ3v) is 5.76. The normalized spacial score (nSPS) is 12.9. The minimum Gasteiger partial charge on any atom is -0.444 e. The summed E-state index contributed by atoms with van der Waals surface area (Å²) in [5.74, 6) is 1.55. The Morgan fingerprint density at radius 2 is 1.57 bits per heavy atom. The maximum Gasteiger partial charge on any atom is 0.408 e. The summed E-state index contributed by atoms with van der Waals surface area (Å²) >= 11 is 0. The molecule has 2 aromatic carbocycles. The number of para-hydroxylation sites is 1. The number of anilines is 1. The standard InChI is InChI=1S/C30H39N3O4/c1-10-22-16-12-13-17-23(22)26(27(34)31-24-18-14-11-15-21(24)6)33(20(4)5)28(35)25(19(2)3)32-29(36)37-30(7,8)9/h1,11-20,25-26H,2-9H3,(H,31,34)(H,32,36). The van der Waals surface area contributed by atoms with E-state index in [2.05, 4.69) is 16.6 Å². The van der Waals surface area contributed by atoms with Crippen molar-refractivity contribution in [1.29, 1.82) is 0 Å². The SMILES string of the molecule is C#Cc1ccccc1C(C(=O)Nc1ccccc1C)N(C(=O)C(NC(=O)OC(C)(C)C)C(C)C)C(C)C. The Bertz CT molecular complexity index is 1160. The molecule has 0 radical (unpaired) electrons. The van der Waals surface area contributed by atoms with Gasteiger partial charge in [-0.1, -0.05) is 56.2 Å². The van der Waals surface area contributed by atoms with Crippen LogP contribution < -0.4 is 10.6 Å². The summed E-state index contributed by atoms with van der Waals surface area (Å²) in [7, 11) is 0. The van der Waals surface area contributed by atoms with Crippen LogP contribution >= 0.6 is 0 Å². The number of amides is 3. The van der Waals surface area contributed by atoms with Gasteiger partial charge in [0.15, 0.2) is 0 Å². The lowest BCUT2D eigenvalue weighted by molar-refractivity contribution is -0.143. The van der Waals surface area contributed by atoms with E-state index < -0.39 is 41.6 Å². The molecular formula is C30H39N3O4. The number of aryl methyl sites for hydroxylation is 1. The van der Waals surface area contributed by atoms with Gasteiger partial charge in [0.05, 0.1) is 0 Å². The number of benzene rings is 2. The Hall–Kier alpha value is -3.79. The highest BCUT2D eigenvalue weighted by molar-refractivity contribution is 6.00. The fourth-order valence-electron chi connectivity index (χ4n) is 3.99. The molecule has 7 heteroatoms. The van der Waals surface area contributed by atoms with Gasteiger partial charge in [0, 0.05) is 17.3 Å². The molecule has 2 atom stereocenters. The van der Waals surface area contributed by atoms with E-state index in [0.717, 1.165) is 5.56 Å². The summed E-state index contributed by atoms with van der Waals surface area (Å²) in [5.41, 5.74) is 1.83. The van der Waals surface area contributed by atoms with Gasteiger partial charge < -0.3 is 20.3 Å². The summed E-state index contributed by atoms with van der Waals surface area (Å²) in [5, 5.41) is 5.69. The van der Waals surface area contributed by atoms with Crippen LogP contribution in [-0.4, -0.2) is 40.5 Å². The number of carbonyl (C=O) groups excluding carboxylic acids is 3. The molecule has 0 bridgehead atoms. The second kappa shape index (κ2) is 12.4. The van der Waals surface area contributed by atoms with Crippen LogP contribution in [0.4, 0.5) is 10.5 Å². The van der Waals surface area contributed by atoms with Crippen molar-refractivity contribution in [3.63, 3.8) is 0 Å². The van der Waals surface area contributed by atoms with Gasteiger partial charge >= 0.3 is 6.09 Å². The van der Waals surface area contributed by atoms with Crippen molar-refractivity contribution in [2.24, 2.45) is 5.92 Å². The van der Waals surface area contributed by atoms with Crippen LogP contribution in [0.2, 0.25) is 0 Å². The van der Waals surface area contributed by atoms with Crippen molar-refractivity contribution in [1.82, 2.24) is 10.2 Å². The molecule has 0 aliphatic rings. The number of nitrogens with zero attached hydrogens (tertiary/aromatic N) is 1. The van der Waals surface area contributed by atoms with Crippen LogP contribution in [-0.2, 0) is 14.3 Å². The summed E-state index contributed by atoms with van der Waals surface area (Å²) in [6.07, 6.45) is 5.09. The van der Waals surface area contributed by atoms with E-state index in [4.69, 9.17) is 11.2 Å². The molecule has 198 valence electrons. The lowest BCUT2D eigenvalue weighted by atomic mass is 9.94. The first kappa shape index (κ1) is 29.4. The molecule has 37 heavy (non-hydrogen) atoms. The number of terminal acetylenes is 1. The largest absolute Gasteiger partial charge is 0.444 e. The van der Waals surface area contributed by atoms with Crippen molar-refractivity contribution in [2.75, 3.05) is 5.32 Å². The highest BCUT2D eigenvalue weighted by Crippen LogP contribution is 2.30. The molecule has 0 fully saturated rings. The van der Waals surface area contributed by atoms with E-state index in [-0.39, 0.29) is 5.92 Å². The van der Waals surface area contributed by atoms with E-state index in [1.165, 1.54) is 4.90 Å². The maximum atomic E-state index is 14.1. The average molecular weight is 506 g/mol. The van der Waals surface area contributed by atoms with Crippen molar-refractivity contribution >= 4 is 23.6 Å². The van der Waals surface area contributed by atoms with Gasteiger partial charge in [-0.05, 0) is 70.7 Å². The molecule has 0 saturated heterocycles. The second-order valence-electron chi connectivity index (χ2n) is 10.6. The zero-order valence-corrected chi connectivity index (χ0v) is 23.1. The Kier molecular flexibility index (Phi) is 9.90. The van der Waals surface area contributed by atoms with Gasteiger partial charge in [0.2, 0.25) is 5.91 Å². The average Bonchev–Trinajstić information content (AvgIpc) is 2.80. The van der Waals surface area contributed by atoms with Crippen molar-refractivity contribution in [3.05, 3.63) is 65.2 Å². The predicted molar refractivity (Wildman–Crippen MR) is 147 cm³/mol. The molecule has 0 aromatic heterocycles. The third kappa shape index (κ3) is 7.85. The van der Waals surface area contributed by atoms with Crippen molar-refractivity contribution in [3.8, 4) is 12.3 Å². The molecule has 2 rings (SSSR count). The Balaban J connectivity index is 2.58. The Morgan fingerprint density at radius 3 is 2.11 bits per heavy atom. The molecule has 0 spiro atoms. The molecule has 2 N–H and O–H groups in total. The van der Waals surface area contributed by atoms with E-state index in [9.17, 15) is 14.4 Å². The van der Waals surface area contributed by atoms with Crippen LogP contribution in [0.3, 0.4) is 0 Å². The summed E-state index contributed by atoms with van der Waals surface area (Å²) in [6.45, 7) is 14.5. The molecule has 0 aliphatic carbocycles. The Morgan fingerprint density at radius 1 is 0.973 bits per heavy atom. The number of rotatable bonds is 8. The first-order chi connectivity index (χ1) is 17.3. The predicted octanol–water partition coefficient (Wildman–Crippen LogP) is 5.44. The highest BCUT2D eigenvalue weighted by Gasteiger charge is 2.39. The van der Waals surface area contributed by atoms with E-state index in [1.807, 2.05) is 52.8 Å². The van der Waals surface area contributed by atoms with Crippen LogP contribution in [0, 0.1) is 25.2 Å². The van der Waals surface area contributed by atoms with Gasteiger partial charge in [-0.15, -0.1) is 6.42 Å². The third-order valence-electron chi connectivity index (χ3n) is 5.76. The lowest BCUT2D eigenvalue weighted by Gasteiger charge is -2.38. The second-order valence-corrected chi connectivity index (χ2v) is 10.6. The zero-order chi connectivity index (χ0) is 27.9. The molecule has 3 amide bonds. The number of alkyl carbamates (subject to hydrolysis) is 1. The van der Waals surface area contributed by atoms with E-state index in [1.54, 1.807) is 51.1 Å². The lowest BCUT2D eigenvalue weighted by Crippen LogP contribution is -2.56. The molecule has 2 unspecified atom stereocenters. The smallest absolute Gasteiger partial charge is 0.408 e. The molecule has 0 saturated carbocycles. The molecule has 7 nitrogen and oxygen atoms in total. The van der Waals surface area contributed by atoms with Gasteiger partial charge in [-0.2, -0.15) is 0 Å². The number of nitrogens with one attached hydrogen (secondary N) is 2. The maximum absolute atomic E-state index is 14.1. The summed E-state index contributed by atoms with van der Waals surface area (Å²) < 4.78 is 5.40. The molecule has 0 aliphatic heterocycles. The zero-order valence-electron chi connectivity index (χ0n) is 23.1. The highest BCUT2D eigenvalue weighted by atomic mass is 16.6. The summed E-state index contributed by atoms with van der Waals surface area (Å²) in [4.78, 5) is 42.1. The number of ether oxygens (including phenoxy) is 1. The quantitative estimate of drug-likeness (QED) is 0.468. The fourth-order valence-corrected chi connectivity index (χ4v) is 3.99. The number of carbonyl (C=O) groups is 3. The minimum absolute atomic E-state index is 0.274. The topological polar surface area (TPSA) is 87.7 Å².